The second-order valence-corrected chi connectivity index (χ2v) is 2.09. The van der Waals surface area contributed by atoms with Crippen LogP contribution in [0.15, 0.2) is 16.5 Å². The number of carbonyl (C=O) groups excluding carboxylic acids is 1. The maximum atomic E-state index is 10.3. The molecule has 0 fully saturated rings. The molecular formula is C5H9N5O. The smallest absolute Gasteiger partial charge is 0.195 e. The van der Waals surface area contributed by atoms with Crippen molar-refractivity contribution in [2.24, 2.45) is 22.2 Å². The zero-order valence-electron chi connectivity index (χ0n) is 5.74. The van der Waals surface area contributed by atoms with E-state index < -0.39 is 6.04 Å². The lowest BCUT2D eigenvalue weighted by atomic mass is 10.2. The lowest BCUT2D eigenvalue weighted by Gasteiger charge is -2.17. The van der Waals surface area contributed by atoms with E-state index in [1.165, 1.54) is 0 Å². The van der Waals surface area contributed by atoms with Crippen LogP contribution in [0, 0.1) is 0 Å². The van der Waals surface area contributed by atoms with Gasteiger partial charge < -0.3 is 27.3 Å². The number of guanidine groups is 1. The number of aldehydes is 1. The monoisotopic (exact) mass is 155 g/mol. The van der Waals surface area contributed by atoms with Crippen LogP contribution < -0.4 is 22.5 Å². The summed E-state index contributed by atoms with van der Waals surface area (Å²) in [7, 11) is 0. The fourth-order valence-corrected chi connectivity index (χ4v) is 0.725. The molecule has 0 aliphatic carbocycles. The maximum Gasteiger partial charge on any atom is 0.195 e. The van der Waals surface area contributed by atoms with Crippen molar-refractivity contribution in [3.63, 3.8) is 0 Å². The average Bonchev–Trinajstić information content (AvgIpc) is 1.96. The van der Waals surface area contributed by atoms with Gasteiger partial charge >= 0.3 is 0 Å². The highest BCUT2D eigenvalue weighted by atomic mass is 16.1. The normalized spacial score (nSPS) is 24.0. The van der Waals surface area contributed by atoms with Crippen LogP contribution in [0.3, 0.4) is 0 Å². The van der Waals surface area contributed by atoms with Crippen molar-refractivity contribution in [3.8, 4) is 0 Å². The highest BCUT2D eigenvalue weighted by Crippen LogP contribution is 2.02. The highest BCUT2D eigenvalue weighted by molar-refractivity contribution is 5.84. The molecule has 1 atom stereocenters. The van der Waals surface area contributed by atoms with Crippen molar-refractivity contribution >= 4 is 12.2 Å². The van der Waals surface area contributed by atoms with Crippen LogP contribution in [-0.2, 0) is 4.79 Å². The molecule has 1 rings (SSSR count). The molecule has 0 saturated carbocycles. The molecule has 0 saturated heterocycles. The molecule has 6 heteroatoms. The SMILES string of the molecule is NC1=NC(C=O)C(N)=C(N)N1. The van der Waals surface area contributed by atoms with E-state index in [-0.39, 0.29) is 17.5 Å². The van der Waals surface area contributed by atoms with Crippen LogP contribution in [0.1, 0.15) is 0 Å². The quantitative estimate of drug-likeness (QED) is 0.313. The van der Waals surface area contributed by atoms with E-state index >= 15 is 0 Å². The molecule has 60 valence electrons. The van der Waals surface area contributed by atoms with Crippen molar-refractivity contribution in [1.82, 2.24) is 5.32 Å². The number of hydrogen-bond donors (Lipinski definition) is 4. The summed E-state index contributed by atoms with van der Waals surface area (Å²) in [5, 5.41) is 2.49. The summed E-state index contributed by atoms with van der Waals surface area (Å²) in [6, 6.07) is -0.740. The maximum absolute atomic E-state index is 10.3. The molecule has 0 radical (unpaired) electrons. The summed E-state index contributed by atoms with van der Waals surface area (Å²) < 4.78 is 0. The molecule has 7 N–H and O–H groups in total. The van der Waals surface area contributed by atoms with E-state index in [9.17, 15) is 4.79 Å². The molecule has 0 amide bonds. The number of nitrogens with one attached hydrogen (secondary N) is 1. The Morgan fingerprint density at radius 1 is 1.45 bits per heavy atom. The Labute approximate surface area is 63.1 Å². The number of hydrogen-bond acceptors (Lipinski definition) is 6. The first-order valence-corrected chi connectivity index (χ1v) is 2.96. The van der Waals surface area contributed by atoms with Gasteiger partial charge in [0.25, 0.3) is 0 Å². The minimum atomic E-state index is -0.740. The van der Waals surface area contributed by atoms with Gasteiger partial charge in [0.1, 0.15) is 5.82 Å². The molecule has 1 unspecified atom stereocenters. The van der Waals surface area contributed by atoms with Crippen LogP contribution in [-0.4, -0.2) is 18.3 Å². The van der Waals surface area contributed by atoms with Crippen LogP contribution in [0.4, 0.5) is 0 Å². The van der Waals surface area contributed by atoms with Gasteiger partial charge in [0.15, 0.2) is 18.3 Å². The van der Waals surface area contributed by atoms with Crippen molar-refractivity contribution < 1.29 is 4.79 Å². The summed E-state index contributed by atoms with van der Waals surface area (Å²) in [6.07, 6.45) is 0.579. The van der Waals surface area contributed by atoms with E-state index in [4.69, 9.17) is 17.2 Å². The standard InChI is InChI=1S/C5H9N5O/c6-3-2(1-11)9-5(8)10-4(3)7/h1-2H,6-7H2,(H3,8,9,10). The third-order valence-corrected chi connectivity index (χ3v) is 1.30. The van der Waals surface area contributed by atoms with Gasteiger partial charge in [0.05, 0.1) is 5.70 Å². The van der Waals surface area contributed by atoms with E-state index in [1.54, 1.807) is 0 Å². The first-order valence-electron chi connectivity index (χ1n) is 2.96. The number of aliphatic imine (C=N–C) groups is 1. The van der Waals surface area contributed by atoms with E-state index in [2.05, 4.69) is 10.3 Å². The fourth-order valence-electron chi connectivity index (χ4n) is 0.725. The Morgan fingerprint density at radius 2 is 2.09 bits per heavy atom. The van der Waals surface area contributed by atoms with E-state index in [0.717, 1.165) is 0 Å². The predicted octanol–water partition coefficient (Wildman–Crippen LogP) is -2.44. The Morgan fingerprint density at radius 3 is 2.64 bits per heavy atom. The first kappa shape index (κ1) is 7.39. The highest BCUT2D eigenvalue weighted by Gasteiger charge is 2.17. The van der Waals surface area contributed by atoms with Gasteiger partial charge in [-0.3, -0.25) is 0 Å². The Bertz CT molecular complexity index is 243. The molecule has 0 aromatic carbocycles. The summed E-state index contributed by atoms with van der Waals surface area (Å²) >= 11 is 0. The molecule has 1 aliphatic heterocycles. The number of nitrogens with two attached hydrogens (primary N) is 3. The minimum absolute atomic E-state index is 0.105. The molecule has 0 aromatic rings. The average molecular weight is 155 g/mol. The largest absolute Gasteiger partial charge is 0.397 e. The molecule has 6 nitrogen and oxygen atoms in total. The Balaban J connectivity index is 2.92. The number of nitrogens with zero attached hydrogens (tertiary/aromatic N) is 1. The van der Waals surface area contributed by atoms with Crippen molar-refractivity contribution in [2.45, 2.75) is 6.04 Å². The van der Waals surface area contributed by atoms with Gasteiger partial charge in [0.2, 0.25) is 0 Å². The van der Waals surface area contributed by atoms with Crippen LogP contribution in [0.25, 0.3) is 0 Å². The van der Waals surface area contributed by atoms with Gasteiger partial charge in [-0.1, -0.05) is 0 Å². The molecule has 1 aliphatic rings. The second-order valence-electron chi connectivity index (χ2n) is 2.09. The molecule has 0 spiro atoms. The summed E-state index contributed by atoms with van der Waals surface area (Å²) in [5.74, 6) is 0.295. The summed E-state index contributed by atoms with van der Waals surface area (Å²) in [4.78, 5) is 14.0. The molecule has 11 heavy (non-hydrogen) atoms. The lowest BCUT2D eigenvalue weighted by Crippen LogP contribution is -2.43. The van der Waals surface area contributed by atoms with Gasteiger partial charge in [-0.05, 0) is 0 Å². The van der Waals surface area contributed by atoms with Gasteiger partial charge in [-0.2, -0.15) is 0 Å². The third kappa shape index (κ3) is 1.23. The Hall–Kier alpha value is -1.72. The van der Waals surface area contributed by atoms with Crippen molar-refractivity contribution in [3.05, 3.63) is 11.5 Å². The summed E-state index contributed by atoms with van der Waals surface area (Å²) in [5.41, 5.74) is 16.2. The molecule has 0 bridgehead atoms. The topological polar surface area (TPSA) is 120 Å². The van der Waals surface area contributed by atoms with Gasteiger partial charge in [-0.25, -0.2) is 4.99 Å². The Kier molecular flexibility index (Phi) is 1.67. The van der Waals surface area contributed by atoms with Crippen molar-refractivity contribution in [1.29, 1.82) is 0 Å². The lowest BCUT2D eigenvalue weighted by molar-refractivity contribution is -0.108. The van der Waals surface area contributed by atoms with Crippen LogP contribution in [0.2, 0.25) is 0 Å². The van der Waals surface area contributed by atoms with Gasteiger partial charge in [-0.15, -0.1) is 0 Å². The van der Waals surface area contributed by atoms with E-state index in [0.29, 0.717) is 6.29 Å². The van der Waals surface area contributed by atoms with Crippen LogP contribution >= 0.6 is 0 Å². The molecular weight excluding hydrogens is 146 g/mol. The number of rotatable bonds is 1. The third-order valence-electron chi connectivity index (χ3n) is 1.30. The van der Waals surface area contributed by atoms with Crippen molar-refractivity contribution in [2.75, 3.05) is 0 Å². The first-order chi connectivity index (χ1) is 5.15. The second kappa shape index (κ2) is 2.49. The minimum Gasteiger partial charge on any atom is -0.397 e. The van der Waals surface area contributed by atoms with Crippen LogP contribution in [0.5, 0.6) is 0 Å². The molecule has 1 heterocycles. The summed E-state index contributed by atoms with van der Waals surface area (Å²) in [6.45, 7) is 0. The van der Waals surface area contributed by atoms with Gasteiger partial charge in [0, 0.05) is 0 Å². The zero-order chi connectivity index (χ0) is 8.43. The van der Waals surface area contributed by atoms with E-state index in [1.807, 2.05) is 0 Å². The number of carbonyl (C=O) groups is 1. The predicted molar refractivity (Wildman–Crippen MR) is 40.0 cm³/mol. The fraction of sp³-hybridized carbons (Fsp3) is 0.200. The zero-order valence-corrected chi connectivity index (χ0v) is 5.74. The molecule has 0 aromatic heterocycles.